The second-order valence-electron chi connectivity index (χ2n) is 6.77. The van der Waals surface area contributed by atoms with Crippen LogP contribution in [0.1, 0.15) is 22.8 Å². The molecule has 0 spiro atoms. The van der Waals surface area contributed by atoms with Gasteiger partial charge in [-0.2, -0.15) is 0 Å². The highest BCUT2D eigenvalue weighted by Gasteiger charge is 2.10. The molecule has 0 atom stereocenters. The summed E-state index contributed by atoms with van der Waals surface area (Å²) >= 11 is 0. The van der Waals surface area contributed by atoms with Crippen LogP contribution in [0.15, 0.2) is 73.1 Å². The first-order valence-corrected chi connectivity index (χ1v) is 9.66. The lowest BCUT2D eigenvalue weighted by Crippen LogP contribution is -2.05. The van der Waals surface area contributed by atoms with Gasteiger partial charge in [-0.15, -0.1) is 0 Å². The molecule has 4 aromatic rings. The Hall–Kier alpha value is -4.20. The summed E-state index contributed by atoms with van der Waals surface area (Å²) in [6.45, 7) is 2.41. The Morgan fingerprint density at radius 1 is 1.10 bits per heavy atom. The Labute approximate surface area is 177 Å². The molecule has 8 nitrogen and oxygen atoms in total. The van der Waals surface area contributed by atoms with Crippen LogP contribution in [0.5, 0.6) is 5.75 Å². The Morgan fingerprint density at radius 3 is 2.65 bits per heavy atom. The number of nitrogens with zero attached hydrogens (tertiary/aromatic N) is 3. The molecule has 0 saturated heterocycles. The minimum atomic E-state index is -0.437. The molecule has 2 heterocycles. The van der Waals surface area contributed by atoms with E-state index in [2.05, 4.69) is 4.98 Å². The van der Waals surface area contributed by atoms with Gasteiger partial charge in [-0.25, -0.2) is 9.78 Å². The second-order valence-corrected chi connectivity index (χ2v) is 6.77. The van der Waals surface area contributed by atoms with Crippen LogP contribution in [0.4, 0.5) is 5.69 Å². The van der Waals surface area contributed by atoms with E-state index in [0.29, 0.717) is 35.9 Å². The van der Waals surface area contributed by atoms with E-state index in [1.54, 1.807) is 41.8 Å². The molecule has 0 aliphatic rings. The summed E-state index contributed by atoms with van der Waals surface area (Å²) in [5.74, 6) is 0.316. The number of aromatic nitrogens is 2. The second kappa shape index (κ2) is 8.66. The van der Waals surface area contributed by atoms with Crippen LogP contribution in [0.25, 0.3) is 16.9 Å². The number of carbonyl (C=O) groups is 1. The van der Waals surface area contributed by atoms with Gasteiger partial charge >= 0.3 is 5.97 Å². The van der Waals surface area contributed by atoms with Gasteiger partial charge in [0.15, 0.2) is 0 Å². The van der Waals surface area contributed by atoms with Crippen LogP contribution >= 0.6 is 0 Å². The van der Waals surface area contributed by atoms with Gasteiger partial charge in [0.1, 0.15) is 18.0 Å². The van der Waals surface area contributed by atoms with E-state index in [1.807, 2.05) is 30.3 Å². The van der Waals surface area contributed by atoms with Gasteiger partial charge in [0.25, 0.3) is 5.69 Å². The van der Waals surface area contributed by atoms with Crippen molar-refractivity contribution >= 4 is 17.3 Å². The van der Waals surface area contributed by atoms with Crippen LogP contribution in [-0.4, -0.2) is 26.9 Å². The third kappa shape index (κ3) is 4.53. The predicted octanol–water partition coefficient (Wildman–Crippen LogP) is 4.67. The number of carbonyl (C=O) groups excluding carboxylic acids is 1. The largest absolute Gasteiger partial charge is 0.489 e. The lowest BCUT2D eigenvalue weighted by Gasteiger charge is -2.08. The fraction of sp³-hybridized carbons (Fsp3) is 0.130. The third-order valence-electron chi connectivity index (χ3n) is 4.64. The van der Waals surface area contributed by atoms with Gasteiger partial charge in [-0.3, -0.25) is 14.5 Å². The molecule has 0 bridgehead atoms. The first-order valence-electron chi connectivity index (χ1n) is 9.66. The summed E-state index contributed by atoms with van der Waals surface area (Å²) in [5, 5.41) is 10.9. The zero-order valence-corrected chi connectivity index (χ0v) is 16.7. The highest BCUT2D eigenvalue weighted by atomic mass is 16.6. The van der Waals surface area contributed by atoms with Crippen molar-refractivity contribution in [1.82, 2.24) is 9.38 Å². The molecule has 0 aliphatic heterocycles. The monoisotopic (exact) mass is 417 g/mol. The lowest BCUT2D eigenvalue weighted by atomic mass is 10.1. The van der Waals surface area contributed by atoms with E-state index in [9.17, 15) is 14.9 Å². The Bertz CT molecular complexity index is 1250. The van der Waals surface area contributed by atoms with E-state index in [4.69, 9.17) is 9.47 Å². The predicted molar refractivity (Wildman–Crippen MR) is 114 cm³/mol. The maximum atomic E-state index is 11.9. The van der Waals surface area contributed by atoms with Crippen molar-refractivity contribution in [2.24, 2.45) is 0 Å². The summed E-state index contributed by atoms with van der Waals surface area (Å²) in [4.78, 5) is 26.9. The fourth-order valence-electron chi connectivity index (χ4n) is 3.12. The summed E-state index contributed by atoms with van der Waals surface area (Å²) in [6.07, 6.45) is 3.19. The number of hydrogen-bond donors (Lipinski definition) is 0. The molecule has 0 fully saturated rings. The number of benzene rings is 2. The first-order chi connectivity index (χ1) is 15.0. The normalized spacial score (nSPS) is 10.7. The maximum Gasteiger partial charge on any atom is 0.338 e. The summed E-state index contributed by atoms with van der Waals surface area (Å²) in [5.41, 5.74) is 3.55. The van der Waals surface area contributed by atoms with E-state index >= 15 is 0 Å². The van der Waals surface area contributed by atoms with Gasteiger partial charge in [0, 0.05) is 17.8 Å². The summed E-state index contributed by atoms with van der Waals surface area (Å²) in [6, 6.07) is 17.6. The van der Waals surface area contributed by atoms with Crippen LogP contribution in [0.2, 0.25) is 0 Å². The molecule has 4 rings (SSSR count). The van der Waals surface area contributed by atoms with Crippen LogP contribution in [0, 0.1) is 10.1 Å². The van der Waals surface area contributed by atoms with E-state index in [-0.39, 0.29) is 11.7 Å². The number of fused-ring (bicyclic) bond motifs is 1. The smallest absolute Gasteiger partial charge is 0.338 e. The number of esters is 1. The molecule has 2 aromatic carbocycles. The quantitative estimate of drug-likeness (QED) is 0.246. The molecule has 31 heavy (non-hydrogen) atoms. The molecule has 0 unspecified atom stereocenters. The molecular formula is C23H19N3O5. The van der Waals surface area contributed by atoms with Crippen molar-refractivity contribution in [1.29, 1.82) is 0 Å². The minimum absolute atomic E-state index is 0.00669. The Morgan fingerprint density at radius 2 is 1.90 bits per heavy atom. The summed E-state index contributed by atoms with van der Waals surface area (Å²) in [7, 11) is 0. The van der Waals surface area contributed by atoms with Crippen LogP contribution in [-0.2, 0) is 11.3 Å². The molecule has 0 amide bonds. The van der Waals surface area contributed by atoms with E-state index < -0.39 is 4.92 Å². The third-order valence-corrected chi connectivity index (χ3v) is 4.64. The molecular weight excluding hydrogens is 398 g/mol. The van der Waals surface area contributed by atoms with Gasteiger partial charge in [0.05, 0.1) is 29.0 Å². The van der Waals surface area contributed by atoms with Crippen molar-refractivity contribution in [3.05, 3.63) is 94.3 Å². The Kier molecular flexibility index (Phi) is 5.61. The molecule has 0 aliphatic carbocycles. The molecule has 8 heteroatoms. The van der Waals surface area contributed by atoms with Crippen molar-refractivity contribution in [3.63, 3.8) is 0 Å². The Balaban J connectivity index is 1.45. The minimum Gasteiger partial charge on any atom is -0.489 e. The average molecular weight is 417 g/mol. The molecule has 156 valence electrons. The van der Waals surface area contributed by atoms with Gasteiger partial charge in [0.2, 0.25) is 0 Å². The number of hydrogen-bond acceptors (Lipinski definition) is 6. The lowest BCUT2D eigenvalue weighted by molar-refractivity contribution is -0.385. The van der Waals surface area contributed by atoms with Crippen molar-refractivity contribution in [3.8, 4) is 17.0 Å². The standard InChI is InChI=1S/C23H19N3O5/c1-2-30-23(27)18-5-3-4-16(12-18)15-31-20-9-6-17(7-10-20)21-14-25-13-19(26(28)29)8-11-22(25)24-21/h3-14H,2,15H2,1H3. The van der Waals surface area contributed by atoms with Gasteiger partial charge in [-0.05, 0) is 55.0 Å². The number of imidazole rings is 1. The summed E-state index contributed by atoms with van der Waals surface area (Å²) < 4.78 is 12.5. The average Bonchev–Trinajstić information content (AvgIpc) is 3.22. The zero-order valence-electron chi connectivity index (χ0n) is 16.7. The van der Waals surface area contributed by atoms with Gasteiger partial charge < -0.3 is 9.47 Å². The van der Waals surface area contributed by atoms with E-state index in [0.717, 1.165) is 11.1 Å². The number of rotatable bonds is 7. The molecule has 0 N–H and O–H groups in total. The van der Waals surface area contributed by atoms with Crippen LogP contribution in [0.3, 0.4) is 0 Å². The first kappa shape index (κ1) is 20.1. The van der Waals surface area contributed by atoms with Crippen molar-refractivity contribution < 1.29 is 19.2 Å². The number of pyridine rings is 1. The highest BCUT2D eigenvalue weighted by Crippen LogP contribution is 2.24. The molecule has 2 aromatic heterocycles. The highest BCUT2D eigenvalue weighted by molar-refractivity contribution is 5.89. The SMILES string of the molecule is CCOC(=O)c1cccc(COc2ccc(-c3cn4cc([N+](=O)[O-])ccc4n3)cc2)c1. The maximum absolute atomic E-state index is 11.9. The zero-order chi connectivity index (χ0) is 21.8. The van der Waals surface area contributed by atoms with Crippen LogP contribution < -0.4 is 4.74 Å². The van der Waals surface area contributed by atoms with Crippen molar-refractivity contribution in [2.45, 2.75) is 13.5 Å². The molecule has 0 saturated carbocycles. The topological polar surface area (TPSA) is 96.0 Å². The van der Waals surface area contributed by atoms with Crippen molar-refractivity contribution in [2.75, 3.05) is 6.61 Å². The number of ether oxygens (including phenoxy) is 2. The number of nitro groups is 1. The van der Waals surface area contributed by atoms with E-state index in [1.165, 1.54) is 12.3 Å². The van der Waals surface area contributed by atoms with Gasteiger partial charge in [-0.1, -0.05) is 12.1 Å². The fourth-order valence-corrected chi connectivity index (χ4v) is 3.12. The molecule has 0 radical (unpaired) electrons.